The van der Waals surface area contributed by atoms with Crippen molar-refractivity contribution in [2.45, 2.75) is 46.6 Å². The number of hydrogen-bond acceptors (Lipinski definition) is 2. The predicted octanol–water partition coefficient (Wildman–Crippen LogP) is 4.09. The average molecular weight is 352 g/mol. The van der Waals surface area contributed by atoms with Crippen molar-refractivity contribution in [3.05, 3.63) is 65.2 Å². The van der Waals surface area contributed by atoms with Crippen molar-refractivity contribution in [3.63, 3.8) is 0 Å². The van der Waals surface area contributed by atoms with E-state index in [1.807, 2.05) is 38.1 Å². The fourth-order valence-corrected chi connectivity index (χ4v) is 2.48. The molecule has 26 heavy (non-hydrogen) atoms. The summed E-state index contributed by atoms with van der Waals surface area (Å²) in [4.78, 5) is 23.7. The molecule has 0 saturated heterocycles. The van der Waals surface area contributed by atoms with Gasteiger partial charge in [0.2, 0.25) is 11.8 Å². The van der Waals surface area contributed by atoms with Crippen LogP contribution in [0.5, 0.6) is 0 Å². The maximum Gasteiger partial charge on any atom is 0.226 e. The van der Waals surface area contributed by atoms with Gasteiger partial charge in [0.25, 0.3) is 0 Å². The molecule has 0 aliphatic rings. The third-order valence-corrected chi connectivity index (χ3v) is 4.31. The molecule has 0 spiro atoms. The number of benzene rings is 2. The molecule has 4 nitrogen and oxygen atoms in total. The lowest BCUT2D eigenvalue weighted by atomic mass is 10.1. The molecule has 0 bridgehead atoms. The van der Waals surface area contributed by atoms with Crippen molar-refractivity contribution < 1.29 is 9.59 Å². The molecule has 0 aliphatic carbocycles. The Balaban J connectivity index is 1.75. The summed E-state index contributed by atoms with van der Waals surface area (Å²) in [6.45, 7) is 6.34. The number of carbonyl (C=O) groups is 2. The Labute approximate surface area is 156 Å². The second kappa shape index (κ2) is 9.76. The van der Waals surface area contributed by atoms with Gasteiger partial charge in [0, 0.05) is 24.6 Å². The Kier molecular flexibility index (Phi) is 7.39. The molecule has 2 aromatic rings. The zero-order valence-corrected chi connectivity index (χ0v) is 15.8. The van der Waals surface area contributed by atoms with Gasteiger partial charge in [-0.1, -0.05) is 57.2 Å². The molecule has 0 unspecified atom stereocenters. The van der Waals surface area contributed by atoms with Crippen LogP contribution in [-0.2, 0) is 29.0 Å². The van der Waals surface area contributed by atoms with Crippen LogP contribution in [0.25, 0.3) is 0 Å². The van der Waals surface area contributed by atoms with E-state index in [-0.39, 0.29) is 17.7 Å². The SMILES string of the molecule is CCc1ccc(CCC(=O)NCc2ccc(NC(=O)C(C)C)cc2)cc1. The van der Waals surface area contributed by atoms with Crippen molar-refractivity contribution in [1.82, 2.24) is 5.32 Å². The highest BCUT2D eigenvalue weighted by atomic mass is 16.2. The maximum absolute atomic E-state index is 12.0. The summed E-state index contributed by atoms with van der Waals surface area (Å²) in [5.41, 5.74) is 4.27. The Morgan fingerprint density at radius 3 is 2.04 bits per heavy atom. The van der Waals surface area contributed by atoms with E-state index in [1.165, 1.54) is 11.1 Å². The lowest BCUT2D eigenvalue weighted by Crippen LogP contribution is -2.23. The predicted molar refractivity (Wildman–Crippen MR) is 106 cm³/mol. The molecule has 2 N–H and O–H groups in total. The van der Waals surface area contributed by atoms with Gasteiger partial charge >= 0.3 is 0 Å². The van der Waals surface area contributed by atoms with Crippen LogP contribution in [0.3, 0.4) is 0 Å². The monoisotopic (exact) mass is 352 g/mol. The molecule has 0 atom stereocenters. The molecule has 2 amide bonds. The molecule has 4 heteroatoms. The van der Waals surface area contributed by atoms with Crippen LogP contribution < -0.4 is 10.6 Å². The van der Waals surface area contributed by atoms with Crippen molar-refractivity contribution in [1.29, 1.82) is 0 Å². The van der Waals surface area contributed by atoms with Crippen LogP contribution in [0, 0.1) is 5.92 Å². The van der Waals surface area contributed by atoms with Crippen LogP contribution in [0.1, 0.15) is 43.9 Å². The summed E-state index contributed by atoms with van der Waals surface area (Å²) in [5, 5.41) is 5.80. The zero-order valence-electron chi connectivity index (χ0n) is 15.8. The number of carbonyl (C=O) groups excluding carboxylic acids is 2. The first-order chi connectivity index (χ1) is 12.5. The van der Waals surface area contributed by atoms with E-state index in [1.54, 1.807) is 0 Å². The van der Waals surface area contributed by atoms with E-state index in [2.05, 4.69) is 41.8 Å². The van der Waals surface area contributed by atoms with E-state index in [0.29, 0.717) is 13.0 Å². The van der Waals surface area contributed by atoms with Gasteiger partial charge in [-0.2, -0.15) is 0 Å². The number of hydrogen-bond donors (Lipinski definition) is 2. The molecular weight excluding hydrogens is 324 g/mol. The first-order valence-corrected chi connectivity index (χ1v) is 9.22. The van der Waals surface area contributed by atoms with Gasteiger partial charge in [-0.3, -0.25) is 9.59 Å². The zero-order chi connectivity index (χ0) is 18.9. The number of amides is 2. The van der Waals surface area contributed by atoms with Gasteiger partial charge in [-0.15, -0.1) is 0 Å². The minimum Gasteiger partial charge on any atom is -0.352 e. The van der Waals surface area contributed by atoms with Gasteiger partial charge in [0.05, 0.1) is 0 Å². The summed E-state index contributed by atoms with van der Waals surface area (Å²) in [7, 11) is 0. The van der Waals surface area contributed by atoms with Crippen molar-refractivity contribution in [2.75, 3.05) is 5.32 Å². The molecule has 0 fully saturated rings. The summed E-state index contributed by atoms with van der Waals surface area (Å²) in [6, 6.07) is 16.0. The average Bonchev–Trinajstić information content (AvgIpc) is 2.66. The fraction of sp³-hybridized carbons (Fsp3) is 0.364. The first-order valence-electron chi connectivity index (χ1n) is 9.22. The van der Waals surface area contributed by atoms with Crippen molar-refractivity contribution >= 4 is 17.5 Å². The molecule has 2 rings (SSSR count). The molecule has 0 aromatic heterocycles. The topological polar surface area (TPSA) is 58.2 Å². The molecule has 2 aromatic carbocycles. The van der Waals surface area contributed by atoms with Crippen LogP contribution >= 0.6 is 0 Å². The minimum absolute atomic E-state index is 0.00183. The Morgan fingerprint density at radius 1 is 0.885 bits per heavy atom. The molecule has 0 radical (unpaired) electrons. The van der Waals surface area contributed by atoms with E-state index in [9.17, 15) is 9.59 Å². The third-order valence-electron chi connectivity index (χ3n) is 4.31. The summed E-state index contributed by atoms with van der Waals surface area (Å²) in [6.07, 6.45) is 2.25. The Hall–Kier alpha value is -2.62. The largest absolute Gasteiger partial charge is 0.352 e. The highest BCUT2D eigenvalue weighted by molar-refractivity contribution is 5.92. The van der Waals surface area contributed by atoms with Crippen LogP contribution in [0.2, 0.25) is 0 Å². The number of anilines is 1. The highest BCUT2D eigenvalue weighted by Crippen LogP contribution is 2.11. The van der Waals surface area contributed by atoms with E-state index in [0.717, 1.165) is 24.1 Å². The van der Waals surface area contributed by atoms with Gasteiger partial charge in [-0.05, 0) is 41.7 Å². The number of aryl methyl sites for hydroxylation is 2. The summed E-state index contributed by atoms with van der Waals surface area (Å²) in [5.74, 6) is -0.00748. The third kappa shape index (κ3) is 6.36. The van der Waals surface area contributed by atoms with Gasteiger partial charge < -0.3 is 10.6 Å². The fourth-order valence-electron chi connectivity index (χ4n) is 2.48. The number of nitrogens with one attached hydrogen (secondary N) is 2. The summed E-state index contributed by atoms with van der Waals surface area (Å²) < 4.78 is 0. The number of rotatable bonds is 8. The second-order valence-electron chi connectivity index (χ2n) is 6.79. The molecular formula is C22H28N2O2. The van der Waals surface area contributed by atoms with Gasteiger partial charge in [0.15, 0.2) is 0 Å². The summed E-state index contributed by atoms with van der Waals surface area (Å²) >= 11 is 0. The standard InChI is InChI=1S/C22H28N2O2/c1-4-17-5-7-18(8-6-17)11-14-21(25)23-15-19-9-12-20(13-10-19)24-22(26)16(2)3/h5-10,12-13,16H,4,11,14-15H2,1-3H3,(H,23,25)(H,24,26). The van der Waals surface area contributed by atoms with Crippen LogP contribution in [-0.4, -0.2) is 11.8 Å². The molecule has 0 aliphatic heterocycles. The Bertz CT molecular complexity index is 719. The van der Waals surface area contributed by atoms with Gasteiger partial charge in [0.1, 0.15) is 0 Å². The highest BCUT2D eigenvalue weighted by Gasteiger charge is 2.07. The van der Waals surface area contributed by atoms with Crippen LogP contribution in [0.15, 0.2) is 48.5 Å². The maximum atomic E-state index is 12.0. The smallest absolute Gasteiger partial charge is 0.226 e. The second-order valence-corrected chi connectivity index (χ2v) is 6.79. The lowest BCUT2D eigenvalue weighted by molar-refractivity contribution is -0.121. The molecule has 0 saturated carbocycles. The quantitative estimate of drug-likeness (QED) is 0.752. The van der Waals surface area contributed by atoms with E-state index in [4.69, 9.17) is 0 Å². The van der Waals surface area contributed by atoms with Crippen molar-refractivity contribution in [2.24, 2.45) is 5.92 Å². The van der Waals surface area contributed by atoms with Crippen LogP contribution in [0.4, 0.5) is 5.69 Å². The van der Waals surface area contributed by atoms with Gasteiger partial charge in [-0.25, -0.2) is 0 Å². The minimum atomic E-state index is -0.0489. The van der Waals surface area contributed by atoms with Crippen molar-refractivity contribution in [3.8, 4) is 0 Å². The lowest BCUT2D eigenvalue weighted by Gasteiger charge is -2.09. The molecule has 0 heterocycles. The van der Waals surface area contributed by atoms with E-state index < -0.39 is 0 Å². The first kappa shape index (κ1) is 19.7. The van der Waals surface area contributed by atoms with E-state index >= 15 is 0 Å². The Morgan fingerprint density at radius 2 is 1.46 bits per heavy atom. The normalized spacial score (nSPS) is 10.6. The molecule has 138 valence electrons.